The molecule has 2 aliphatic heterocycles. The van der Waals surface area contributed by atoms with Gasteiger partial charge in [-0.3, -0.25) is 4.79 Å². The Morgan fingerprint density at radius 1 is 0.860 bits per heavy atom. The van der Waals surface area contributed by atoms with Gasteiger partial charge in [0.15, 0.2) is 23.2 Å². The quantitative estimate of drug-likeness (QED) is 0.159. The second-order valence-corrected chi connectivity index (χ2v) is 10.3. The molecule has 8 N–H and O–H groups in total. The lowest BCUT2D eigenvalue weighted by molar-refractivity contribution is -0.349. The van der Waals surface area contributed by atoms with Crippen molar-refractivity contribution >= 4 is 11.0 Å². The van der Waals surface area contributed by atoms with Gasteiger partial charge in [0.05, 0.1) is 19.8 Å². The first-order chi connectivity index (χ1) is 20.4. The lowest BCUT2D eigenvalue weighted by Crippen LogP contribution is -2.64. The average Bonchev–Trinajstić information content (AvgIpc) is 2.98. The maximum Gasteiger partial charge on any atom is 0.229 e. The fourth-order valence-corrected chi connectivity index (χ4v) is 5.04. The molecule has 0 amide bonds. The van der Waals surface area contributed by atoms with Gasteiger partial charge in [-0.2, -0.15) is 0 Å². The normalized spacial score (nSPS) is 32.9. The summed E-state index contributed by atoms with van der Waals surface area (Å²) in [5.41, 5.74) is -0.206. The molecule has 2 aromatic carbocycles. The van der Waals surface area contributed by atoms with Crippen molar-refractivity contribution in [2.45, 2.75) is 68.3 Å². The molecule has 15 heteroatoms. The van der Waals surface area contributed by atoms with Crippen molar-refractivity contribution in [2.75, 3.05) is 13.7 Å². The summed E-state index contributed by atoms with van der Waals surface area (Å²) in [5, 5.41) is 81.8. The van der Waals surface area contributed by atoms with Crippen LogP contribution in [0.1, 0.15) is 6.92 Å². The first-order valence-electron chi connectivity index (χ1n) is 13.3. The number of ether oxygens (including phenoxy) is 5. The summed E-state index contributed by atoms with van der Waals surface area (Å²) in [4.78, 5) is 13.0. The van der Waals surface area contributed by atoms with Crippen molar-refractivity contribution in [3.63, 3.8) is 0 Å². The lowest BCUT2D eigenvalue weighted by atomic mass is 9.97. The van der Waals surface area contributed by atoms with Gasteiger partial charge in [0, 0.05) is 17.7 Å². The number of methoxy groups -OCH3 is 1. The summed E-state index contributed by atoms with van der Waals surface area (Å²) in [6, 6.07) is 8.34. The maximum absolute atomic E-state index is 13.0. The monoisotopic (exact) mass is 608 g/mol. The van der Waals surface area contributed by atoms with E-state index in [-0.39, 0.29) is 28.2 Å². The van der Waals surface area contributed by atoms with Gasteiger partial charge in [-0.1, -0.05) is 0 Å². The van der Waals surface area contributed by atoms with E-state index in [1.807, 2.05) is 0 Å². The van der Waals surface area contributed by atoms with Gasteiger partial charge in [-0.05, 0) is 31.2 Å². The Bertz CT molecular complexity index is 1490. The molecule has 0 saturated carbocycles. The summed E-state index contributed by atoms with van der Waals surface area (Å²) in [6.07, 6.45) is -15.6. The third kappa shape index (κ3) is 5.74. The fourth-order valence-electron chi connectivity index (χ4n) is 5.04. The molecule has 0 spiro atoms. The molecule has 1 aromatic heterocycles. The Kier molecular flexibility index (Phi) is 8.80. The van der Waals surface area contributed by atoms with Crippen LogP contribution >= 0.6 is 0 Å². The number of hydrogen-bond donors (Lipinski definition) is 8. The van der Waals surface area contributed by atoms with Gasteiger partial charge >= 0.3 is 0 Å². The lowest BCUT2D eigenvalue weighted by Gasteiger charge is -2.45. The number of aliphatic hydroxyl groups is 6. The zero-order chi connectivity index (χ0) is 31.2. The van der Waals surface area contributed by atoms with Gasteiger partial charge in [0.1, 0.15) is 65.2 Å². The summed E-state index contributed by atoms with van der Waals surface area (Å²) in [7, 11) is 1.26. The molecular formula is C28H32O15. The van der Waals surface area contributed by atoms with E-state index in [9.17, 15) is 45.6 Å². The van der Waals surface area contributed by atoms with E-state index < -0.39 is 84.9 Å². The molecule has 234 valence electrons. The van der Waals surface area contributed by atoms with Crippen LogP contribution in [0.5, 0.6) is 23.0 Å². The van der Waals surface area contributed by atoms with Gasteiger partial charge in [0.25, 0.3) is 0 Å². The highest BCUT2D eigenvalue weighted by atomic mass is 16.7. The van der Waals surface area contributed by atoms with Crippen molar-refractivity contribution in [3.05, 3.63) is 46.6 Å². The Morgan fingerprint density at radius 3 is 2.19 bits per heavy atom. The number of rotatable bonds is 7. The molecule has 3 aromatic rings. The maximum atomic E-state index is 13.0. The third-order valence-electron chi connectivity index (χ3n) is 7.44. The minimum absolute atomic E-state index is 0.0197. The molecule has 3 heterocycles. The smallest absolute Gasteiger partial charge is 0.229 e. The largest absolute Gasteiger partial charge is 0.508 e. The van der Waals surface area contributed by atoms with Crippen molar-refractivity contribution < 1.29 is 69.0 Å². The van der Waals surface area contributed by atoms with Crippen LogP contribution in [0.25, 0.3) is 22.3 Å². The average molecular weight is 609 g/mol. The second-order valence-electron chi connectivity index (χ2n) is 10.3. The Labute approximate surface area is 243 Å². The number of fused-ring (bicyclic) bond motifs is 1. The van der Waals surface area contributed by atoms with Crippen LogP contribution in [0.2, 0.25) is 0 Å². The van der Waals surface area contributed by atoms with Crippen molar-refractivity contribution in [3.8, 4) is 34.3 Å². The summed E-state index contributed by atoms with van der Waals surface area (Å²) in [6.45, 7) is 0.743. The number of aromatic hydroxyl groups is 2. The van der Waals surface area contributed by atoms with Crippen LogP contribution in [0.3, 0.4) is 0 Å². The predicted octanol–water partition coefficient (Wildman–Crippen LogP) is -1.09. The van der Waals surface area contributed by atoms with Crippen LogP contribution in [-0.2, 0) is 14.2 Å². The SMILES string of the molecule is COc1cc2oc(-c3ccc(O)cc3)cc(=O)c2c(O)c1OC1OC(C)C(OC2OC(CO)C(O)C(O)C2O)C(O)C1O. The molecule has 10 atom stereocenters. The number of phenols is 2. The molecule has 2 saturated heterocycles. The zero-order valence-corrected chi connectivity index (χ0v) is 22.9. The number of phenolic OH excluding ortho intramolecular Hbond substituents is 2. The van der Waals surface area contributed by atoms with E-state index in [0.29, 0.717) is 5.56 Å². The van der Waals surface area contributed by atoms with Crippen LogP contribution in [-0.4, -0.2) is 116 Å². The fraction of sp³-hybridized carbons (Fsp3) is 0.464. The highest BCUT2D eigenvalue weighted by Gasteiger charge is 2.50. The highest BCUT2D eigenvalue weighted by molar-refractivity contribution is 5.89. The van der Waals surface area contributed by atoms with Crippen LogP contribution < -0.4 is 14.9 Å². The van der Waals surface area contributed by atoms with Crippen molar-refractivity contribution in [2.24, 2.45) is 0 Å². The minimum Gasteiger partial charge on any atom is -0.508 e. The highest BCUT2D eigenvalue weighted by Crippen LogP contribution is 2.44. The topological polar surface area (TPSA) is 238 Å². The third-order valence-corrected chi connectivity index (χ3v) is 7.44. The first-order valence-corrected chi connectivity index (χ1v) is 13.3. The summed E-state index contributed by atoms with van der Waals surface area (Å²) < 4.78 is 33.5. The van der Waals surface area contributed by atoms with E-state index in [1.165, 1.54) is 44.4 Å². The first kappa shape index (κ1) is 30.9. The van der Waals surface area contributed by atoms with Crippen LogP contribution in [0.15, 0.2) is 45.6 Å². The van der Waals surface area contributed by atoms with E-state index in [0.717, 1.165) is 6.07 Å². The zero-order valence-electron chi connectivity index (χ0n) is 22.9. The number of hydrogen-bond acceptors (Lipinski definition) is 15. The Hall–Kier alpha value is -3.51. The molecule has 2 fully saturated rings. The molecule has 2 aliphatic rings. The minimum atomic E-state index is -1.82. The second kappa shape index (κ2) is 12.2. The van der Waals surface area contributed by atoms with Crippen molar-refractivity contribution in [1.29, 1.82) is 0 Å². The van der Waals surface area contributed by atoms with Gasteiger partial charge in [-0.25, -0.2) is 0 Å². The molecule has 0 bridgehead atoms. The molecule has 0 aliphatic carbocycles. The Balaban J connectivity index is 1.39. The van der Waals surface area contributed by atoms with Gasteiger partial charge < -0.3 is 69.0 Å². The van der Waals surface area contributed by atoms with E-state index in [2.05, 4.69) is 0 Å². The van der Waals surface area contributed by atoms with E-state index in [1.54, 1.807) is 0 Å². The Morgan fingerprint density at radius 2 is 1.53 bits per heavy atom. The van der Waals surface area contributed by atoms with Crippen LogP contribution in [0, 0.1) is 0 Å². The molecule has 10 unspecified atom stereocenters. The summed E-state index contributed by atoms with van der Waals surface area (Å²) in [5.74, 6) is -1.00. The number of aliphatic hydroxyl groups excluding tert-OH is 6. The standard InChI is InChI=1S/C28H32O15/c1-10-25(42-28-23(36)21(34)19(32)17(9-29)41-28)22(35)24(37)27(39-10)43-26-16(38-2)8-15-18(20(26)33)13(31)7-14(40-15)11-3-5-12(30)6-4-11/h3-8,10,17,19,21-25,27-30,32-37H,9H2,1-2H3. The predicted molar refractivity (Wildman–Crippen MR) is 143 cm³/mol. The van der Waals surface area contributed by atoms with Crippen LogP contribution in [0.4, 0.5) is 0 Å². The van der Waals surface area contributed by atoms with Gasteiger partial charge in [0.2, 0.25) is 12.0 Å². The molecule has 5 rings (SSSR count). The number of benzene rings is 2. The van der Waals surface area contributed by atoms with Gasteiger partial charge in [-0.15, -0.1) is 0 Å². The van der Waals surface area contributed by atoms with E-state index in [4.69, 9.17) is 28.1 Å². The van der Waals surface area contributed by atoms with E-state index >= 15 is 0 Å². The molecule has 15 nitrogen and oxygen atoms in total. The summed E-state index contributed by atoms with van der Waals surface area (Å²) >= 11 is 0. The van der Waals surface area contributed by atoms with Crippen molar-refractivity contribution in [1.82, 2.24) is 0 Å². The molecule has 43 heavy (non-hydrogen) atoms. The molecule has 0 radical (unpaired) electrons. The molecular weight excluding hydrogens is 576 g/mol.